The second kappa shape index (κ2) is 10.1. The first kappa shape index (κ1) is 21.7. The van der Waals surface area contributed by atoms with Crippen molar-refractivity contribution in [2.45, 2.75) is 25.0 Å². The van der Waals surface area contributed by atoms with Gasteiger partial charge in [0, 0.05) is 40.4 Å². The fourth-order valence-corrected chi connectivity index (χ4v) is 3.33. The molecule has 1 aromatic carbocycles. The highest BCUT2D eigenvalue weighted by molar-refractivity contribution is 7.99. The topological polar surface area (TPSA) is 80.6 Å². The van der Waals surface area contributed by atoms with Gasteiger partial charge in [0.05, 0.1) is 12.4 Å². The van der Waals surface area contributed by atoms with E-state index in [1.54, 1.807) is 30.5 Å². The van der Waals surface area contributed by atoms with E-state index < -0.39 is 0 Å². The van der Waals surface area contributed by atoms with E-state index in [-0.39, 0.29) is 24.1 Å². The zero-order valence-electron chi connectivity index (χ0n) is 17.0. The molecule has 0 aliphatic heterocycles. The molecule has 0 bridgehead atoms. The number of nitrogens with zero attached hydrogens (tertiary/aromatic N) is 5. The van der Waals surface area contributed by atoms with Crippen LogP contribution < -0.4 is 4.90 Å². The number of thioether (sulfide) groups is 1. The summed E-state index contributed by atoms with van der Waals surface area (Å²) in [5.74, 6) is 0.419. The zero-order valence-corrected chi connectivity index (χ0v) is 17.8. The maximum Gasteiger partial charge on any atom is 0.313 e. The Morgan fingerprint density at radius 2 is 1.82 bits per heavy atom. The van der Waals surface area contributed by atoms with E-state index in [2.05, 4.69) is 10.2 Å². The van der Waals surface area contributed by atoms with Crippen molar-refractivity contribution >= 4 is 29.3 Å². The van der Waals surface area contributed by atoms with Gasteiger partial charge in [-0.1, -0.05) is 23.9 Å². The number of aromatic nitrogens is 3. The standard InChI is InChI=1S/C19H27N5O3S/c1-6-27-18(26)11-16-20-21-19(24(16)5)28-13-17(25)23(4)12-14-7-9-15(10-8-14)22(2)3/h7-10H,6,11-13H2,1-5H3. The van der Waals surface area contributed by atoms with Crippen LogP contribution >= 0.6 is 11.8 Å². The summed E-state index contributed by atoms with van der Waals surface area (Å²) in [6, 6.07) is 8.12. The summed E-state index contributed by atoms with van der Waals surface area (Å²) in [5.41, 5.74) is 2.19. The molecule has 0 aliphatic carbocycles. The van der Waals surface area contributed by atoms with Gasteiger partial charge in [0.25, 0.3) is 0 Å². The molecule has 0 spiro atoms. The van der Waals surface area contributed by atoms with E-state index in [9.17, 15) is 9.59 Å². The quantitative estimate of drug-likeness (QED) is 0.464. The molecule has 0 atom stereocenters. The van der Waals surface area contributed by atoms with Crippen molar-refractivity contribution in [2.24, 2.45) is 7.05 Å². The van der Waals surface area contributed by atoms with Crippen LogP contribution in [0.4, 0.5) is 5.69 Å². The summed E-state index contributed by atoms with van der Waals surface area (Å²) in [6.45, 7) is 2.63. The number of hydrogen-bond acceptors (Lipinski definition) is 7. The van der Waals surface area contributed by atoms with Crippen molar-refractivity contribution in [3.63, 3.8) is 0 Å². The summed E-state index contributed by atoms with van der Waals surface area (Å²) in [7, 11) is 7.54. The highest BCUT2D eigenvalue weighted by Crippen LogP contribution is 2.18. The number of rotatable bonds is 9. The summed E-state index contributed by atoms with van der Waals surface area (Å²) in [4.78, 5) is 27.8. The lowest BCUT2D eigenvalue weighted by Gasteiger charge is -2.18. The number of amides is 1. The molecule has 1 heterocycles. The van der Waals surface area contributed by atoms with E-state index in [0.29, 0.717) is 24.1 Å². The molecule has 0 fully saturated rings. The predicted molar refractivity (Wildman–Crippen MR) is 109 cm³/mol. The van der Waals surface area contributed by atoms with Crippen molar-refractivity contribution in [3.05, 3.63) is 35.7 Å². The number of carbonyl (C=O) groups excluding carboxylic acids is 2. The Bertz CT molecular complexity index is 804. The van der Waals surface area contributed by atoms with Crippen LogP contribution in [0.15, 0.2) is 29.4 Å². The van der Waals surface area contributed by atoms with Crippen molar-refractivity contribution in [1.29, 1.82) is 0 Å². The van der Waals surface area contributed by atoms with Crippen LogP contribution in [0.25, 0.3) is 0 Å². The maximum atomic E-state index is 12.4. The molecule has 8 nitrogen and oxygen atoms in total. The second-order valence-corrected chi connectivity index (χ2v) is 7.48. The number of ether oxygens (including phenoxy) is 1. The average Bonchev–Trinajstić information content (AvgIpc) is 3.00. The molecule has 1 aromatic heterocycles. The summed E-state index contributed by atoms with van der Waals surface area (Å²) in [5, 5.41) is 8.67. The van der Waals surface area contributed by atoms with Gasteiger partial charge in [0.1, 0.15) is 12.2 Å². The lowest BCUT2D eigenvalue weighted by molar-refractivity contribution is -0.142. The summed E-state index contributed by atoms with van der Waals surface area (Å²) in [6.07, 6.45) is 0.0642. The fraction of sp³-hybridized carbons (Fsp3) is 0.474. The third-order valence-corrected chi connectivity index (χ3v) is 5.16. The van der Waals surface area contributed by atoms with Gasteiger partial charge >= 0.3 is 5.97 Å². The Morgan fingerprint density at radius 3 is 2.43 bits per heavy atom. The van der Waals surface area contributed by atoms with Gasteiger partial charge in [0.2, 0.25) is 5.91 Å². The minimum atomic E-state index is -0.342. The summed E-state index contributed by atoms with van der Waals surface area (Å²) < 4.78 is 6.64. The molecule has 0 N–H and O–H groups in total. The van der Waals surface area contributed by atoms with Crippen molar-refractivity contribution < 1.29 is 14.3 Å². The van der Waals surface area contributed by atoms with Crippen molar-refractivity contribution in [1.82, 2.24) is 19.7 Å². The molecule has 0 aliphatic rings. The van der Waals surface area contributed by atoms with Gasteiger partial charge < -0.3 is 19.1 Å². The van der Waals surface area contributed by atoms with Crippen LogP contribution in [0.2, 0.25) is 0 Å². The molecule has 1 amide bonds. The van der Waals surface area contributed by atoms with Gasteiger partial charge in [-0.25, -0.2) is 0 Å². The minimum absolute atomic E-state index is 0.00312. The number of hydrogen-bond donors (Lipinski definition) is 0. The second-order valence-electron chi connectivity index (χ2n) is 6.54. The first-order valence-electron chi connectivity index (χ1n) is 8.98. The van der Waals surface area contributed by atoms with Crippen LogP contribution in [-0.2, 0) is 34.3 Å². The highest BCUT2D eigenvalue weighted by atomic mass is 32.2. The van der Waals surface area contributed by atoms with Crippen LogP contribution in [-0.4, -0.2) is 65.0 Å². The summed E-state index contributed by atoms with van der Waals surface area (Å²) >= 11 is 1.30. The van der Waals surface area contributed by atoms with Crippen LogP contribution in [0, 0.1) is 0 Å². The smallest absolute Gasteiger partial charge is 0.313 e. The normalized spacial score (nSPS) is 10.6. The van der Waals surface area contributed by atoms with Gasteiger partial charge in [-0.3, -0.25) is 9.59 Å². The molecular weight excluding hydrogens is 378 g/mol. The van der Waals surface area contributed by atoms with Gasteiger partial charge in [-0.2, -0.15) is 0 Å². The Hall–Kier alpha value is -2.55. The predicted octanol–water partition coefficient (Wildman–Crippen LogP) is 1.74. The Labute approximate surface area is 169 Å². The highest BCUT2D eigenvalue weighted by Gasteiger charge is 2.16. The Kier molecular flexibility index (Phi) is 7.86. The molecule has 152 valence electrons. The minimum Gasteiger partial charge on any atom is -0.466 e. The van der Waals surface area contributed by atoms with Crippen LogP contribution in [0.5, 0.6) is 0 Å². The molecule has 2 rings (SSSR count). The molecule has 0 unspecified atom stereocenters. The zero-order chi connectivity index (χ0) is 20.7. The molecule has 0 radical (unpaired) electrons. The fourth-order valence-electron chi connectivity index (χ4n) is 2.46. The van der Waals surface area contributed by atoms with E-state index >= 15 is 0 Å². The maximum absolute atomic E-state index is 12.4. The molecule has 28 heavy (non-hydrogen) atoms. The van der Waals surface area contributed by atoms with Crippen molar-refractivity contribution in [3.8, 4) is 0 Å². The number of carbonyl (C=O) groups is 2. The first-order chi connectivity index (χ1) is 13.3. The molecule has 2 aromatic rings. The van der Waals surface area contributed by atoms with E-state index in [1.807, 2.05) is 43.3 Å². The third-order valence-electron chi connectivity index (χ3n) is 4.16. The van der Waals surface area contributed by atoms with E-state index in [4.69, 9.17) is 4.74 Å². The Morgan fingerprint density at radius 1 is 1.14 bits per heavy atom. The monoisotopic (exact) mass is 405 g/mol. The van der Waals surface area contributed by atoms with Gasteiger partial charge in [0.15, 0.2) is 5.16 Å². The lowest BCUT2D eigenvalue weighted by Crippen LogP contribution is -2.28. The number of esters is 1. The first-order valence-corrected chi connectivity index (χ1v) is 9.97. The van der Waals surface area contributed by atoms with Crippen LogP contribution in [0.3, 0.4) is 0 Å². The SMILES string of the molecule is CCOC(=O)Cc1nnc(SCC(=O)N(C)Cc2ccc(N(C)C)cc2)n1C. The molecule has 0 saturated heterocycles. The molecular formula is C19H27N5O3S. The largest absolute Gasteiger partial charge is 0.466 e. The van der Waals surface area contributed by atoms with Crippen molar-refractivity contribution in [2.75, 3.05) is 38.4 Å². The number of benzene rings is 1. The lowest BCUT2D eigenvalue weighted by atomic mass is 10.2. The molecule has 9 heteroatoms. The third kappa shape index (κ3) is 5.98. The van der Waals surface area contributed by atoms with Gasteiger partial charge in [-0.15, -0.1) is 10.2 Å². The molecule has 0 saturated carbocycles. The van der Waals surface area contributed by atoms with Gasteiger partial charge in [-0.05, 0) is 24.6 Å². The average molecular weight is 406 g/mol. The van der Waals surface area contributed by atoms with E-state index in [0.717, 1.165) is 11.3 Å². The van der Waals surface area contributed by atoms with E-state index in [1.165, 1.54) is 11.8 Å². The number of anilines is 1. The Balaban J connectivity index is 1.87. The van der Waals surface area contributed by atoms with Crippen LogP contribution in [0.1, 0.15) is 18.3 Å².